The van der Waals surface area contributed by atoms with Crippen molar-refractivity contribution in [2.45, 2.75) is 25.4 Å². The van der Waals surface area contributed by atoms with E-state index >= 15 is 4.39 Å². The predicted octanol–water partition coefficient (Wildman–Crippen LogP) is 6.98. The number of hydrogen-bond donors (Lipinski definition) is 0. The number of halogens is 4. The van der Waals surface area contributed by atoms with E-state index in [1.807, 2.05) is 18.4 Å². The van der Waals surface area contributed by atoms with Gasteiger partial charge in [0.1, 0.15) is 35.4 Å². The average Bonchev–Trinajstić information content (AvgIpc) is 3.75. The summed E-state index contributed by atoms with van der Waals surface area (Å²) in [6.45, 7) is 5.26. The van der Waals surface area contributed by atoms with Crippen LogP contribution in [0, 0.1) is 11.6 Å². The van der Waals surface area contributed by atoms with Crippen LogP contribution in [0.5, 0.6) is 5.75 Å². The number of carbonyl (C=O) groups is 2. The minimum Gasteiger partial charge on any atom is -0.490 e. The van der Waals surface area contributed by atoms with E-state index in [9.17, 15) is 22.8 Å². The Labute approximate surface area is 288 Å². The van der Waals surface area contributed by atoms with Crippen molar-refractivity contribution in [2.24, 2.45) is 0 Å². The lowest BCUT2D eigenvalue weighted by Crippen LogP contribution is -2.58. The fourth-order valence-electron chi connectivity index (χ4n) is 6.45. The number of pyridine rings is 1. The molecule has 9 nitrogen and oxygen atoms in total. The summed E-state index contributed by atoms with van der Waals surface area (Å²) in [6, 6.07) is 11.7. The molecule has 0 bridgehead atoms. The molecule has 7 rings (SSSR count). The van der Waals surface area contributed by atoms with Crippen molar-refractivity contribution in [3.63, 3.8) is 0 Å². The maximum absolute atomic E-state index is 16.1. The molecule has 50 heavy (non-hydrogen) atoms. The molecule has 0 unspecified atom stereocenters. The molecule has 1 atom stereocenters. The maximum atomic E-state index is 16.1. The molecule has 2 amide bonds. The maximum Gasteiger partial charge on any atom is 0.282 e. The van der Waals surface area contributed by atoms with E-state index in [1.54, 1.807) is 39.9 Å². The number of fused-ring (bicyclic) bond motifs is 2. The number of benzene rings is 2. The number of amides is 2. The summed E-state index contributed by atoms with van der Waals surface area (Å²) in [5, 5.41) is 7.35. The third-order valence-corrected chi connectivity index (χ3v) is 9.85. The van der Waals surface area contributed by atoms with Crippen molar-refractivity contribution in [2.75, 3.05) is 40.0 Å². The van der Waals surface area contributed by atoms with Crippen molar-refractivity contribution >= 4 is 33.2 Å². The van der Waals surface area contributed by atoms with Crippen LogP contribution in [0.4, 0.5) is 17.6 Å². The highest BCUT2D eigenvalue weighted by atomic mass is 32.1. The largest absolute Gasteiger partial charge is 0.490 e. The van der Waals surface area contributed by atoms with Crippen LogP contribution in [0.25, 0.3) is 43.9 Å². The number of carbonyl (C=O) groups excluding carboxylic acids is 2. The quantitative estimate of drug-likeness (QED) is 0.0935. The van der Waals surface area contributed by atoms with Crippen LogP contribution < -0.4 is 4.74 Å². The number of alkyl halides is 2. The number of rotatable bonds is 9. The molecular formula is C36H31F4N5O4S. The van der Waals surface area contributed by atoms with Crippen LogP contribution in [-0.4, -0.2) is 82.3 Å². The van der Waals surface area contributed by atoms with Crippen molar-refractivity contribution in [3.05, 3.63) is 89.5 Å². The van der Waals surface area contributed by atoms with Gasteiger partial charge in [-0.25, -0.2) is 22.5 Å². The van der Waals surface area contributed by atoms with Gasteiger partial charge in [-0.3, -0.25) is 14.3 Å². The molecule has 0 aliphatic carbocycles. The SMILES string of the molecule is C=CC(=O)N1CCn2nc(-c3nc(-c4ccc(C(=O)N5CC(F)(F)C5)cc4)c4ccsc4c3-c3c(F)cc(F)cc3OCCOC)cc2[C@H]1C. The topological polar surface area (TPSA) is 89.8 Å². The number of thiophene rings is 1. The molecule has 1 saturated heterocycles. The van der Waals surface area contributed by atoms with Gasteiger partial charge in [0.15, 0.2) is 0 Å². The lowest BCUT2D eigenvalue weighted by Gasteiger charge is -2.38. The highest BCUT2D eigenvalue weighted by Gasteiger charge is 2.46. The Morgan fingerprint density at radius 1 is 1.04 bits per heavy atom. The summed E-state index contributed by atoms with van der Waals surface area (Å²) < 4.78 is 70.9. The molecule has 0 N–H and O–H groups in total. The summed E-state index contributed by atoms with van der Waals surface area (Å²) in [5.74, 6) is -5.32. The first-order valence-corrected chi connectivity index (χ1v) is 16.7. The first kappa shape index (κ1) is 33.4. The second-order valence-corrected chi connectivity index (χ2v) is 13.0. The van der Waals surface area contributed by atoms with Gasteiger partial charge in [0, 0.05) is 52.6 Å². The molecular weight excluding hydrogens is 674 g/mol. The third-order valence-electron chi connectivity index (χ3n) is 8.92. The molecule has 258 valence electrons. The highest BCUT2D eigenvalue weighted by molar-refractivity contribution is 7.18. The van der Waals surface area contributed by atoms with Crippen molar-refractivity contribution in [3.8, 4) is 39.5 Å². The van der Waals surface area contributed by atoms with Crippen LogP contribution in [0.15, 0.2) is 66.6 Å². The van der Waals surface area contributed by atoms with E-state index in [0.29, 0.717) is 45.7 Å². The monoisotopic (exact) mass is 705 g/mol. The first-order chi connectivity index (χ1) is 24.0. The Balaban J connectivity index is 1.41. The zero-order chi connectivity index (χ0) is 35.3. The second-order valence-electron chi connectivity index (χ2n) is 12.1. The molecule has 14 heteroatoms. The van der Waals surface area contributed by atoms with Crippen LogP contribution in [0.1, 0.15) is 29.0 Å². The van der Waals surface area contributed by atoms with Gasteiger partial charge in [0.2, 0.25) is 5.91 Å². The molecule has 2 aliphatic heterocycles. The molecule has 0 saturated carbocycles. The van der Waals surface area contributed by atoms with Gasteiger partial charge in [-0.1, -0.05) is 18.7 Å². The molecule has 0 radical (unpaired) electrons. The highest BCUT2D eigenvalue weighted by Crippen LogP contribution is 2.47. The molecule has 0 spiro atoms. The van der Waals surface area contributed by atoms with Gasteiger partial charge in [-0.15, -0.1) is 11.3 Å². The number of hydrogen-bond acceptors (Lipinski definition) is 7. The number of ether oxygens (including phenoxy) is 2. The lowest BCUT2D eigenvalue weighted by atomic mass is 9.96. The van der Waals surface area contributed by atoms with Crippen molar-refractivity contribution < 1.29 is 36.6 Å². The summed E-state index contributed by atoms with van der Waals surface area (Å²) in [5.41, 5.74) is 3.12. The second kappa shape index (κ2) is 13.0. The summed E-state index contributed by atoms with van der Waals surface area (Å²) in [6.07, 6.45) is 1.26. The zero-order valence-corrected chi connectivity index (χ0v) is 27.9. The van der Waals surface area contributed by atoms with Crippen LogP contribution in [-0.2, 0) is 16.1 Å². The Morgan fingerprint density at radius 3 is 2.50 bits per heavy atom. The van der Waals surface area contributed by atoms with E-state index in [1.165, 1.54) is 24.5 Å². The van der Waals surface area contributed by atoms with Crippen LogP contribution >= 0.6 is 11.3 Å². The summed E-state index contributed by atoms with van der Waals surface area (Å²) in [4.78, 5) is 33.3. The van der Waals surface area contributed by atoms with Gasteiger partial charge >= 0.3 is 0 Å². The first-order valence-electron chi connectivity index (χ1n) is 15.8. The minimum atomic E-state index is -2.88. The molecule has 2 aromatic carbocycles. The van der Waals surface area contributed by atoms with E-state index in [0.717, 1.165) is 22.7 Å². The van der Waals surface area contributed by atoms with Crippen LogP contribution in [0.2, 0.25) is 0 Å². The van der Waals surface area contributed by atoms with E-state index in [2.05, 4.69) is 6.58 Å². The van der Waals surface area contributed by atoms with Gasteiger partial charge in [-0.2, -0.15) is 5.10 Å². The lowest BCUT2D eigenvalue weighted by molar-refractivity contribution is -0.129. The number of likely N-dealkylation sites (tertiary alicyclic amines) is 1. The Bertz CT molecular complexity index is 2140. The molecule has 3 aromatic heterocycles. The number of methoxy groups -OCH3 is 1. The fourth-order valence-corrected chi connectivity index (χ4v) is 7.40. The number of aromatic nitrogens is 3. The van der Waals surface area contributed by atoms with E-state index in [-0.39, 0.29) is 47.7 Å². The summed E-state index contributed by atoms with van der Waals surface area (Å²) >= 11 is 1.33. The number of nitrogens with zero attached hydrogens (tertiary/aromatic N) is 5. The Morgan fingerprint density at radius 2 is 1.80 bits per heavy atom. The molecule has 5 aromatic rings. The minimum absolute atomic E-state index is 0.00113. The predicted molar refractivity (Wildman–Crippen MR) is 180 cm³/mol. The summed E-state index contributed by atoms with van der Waals surface area (Å²) in [7, 11) is 1.49. The Hall–Kier alpha value is -5.08. The average molecular weight is 706 g/mol. The molecule has 5 heterocycles. The van der Waals surface area contributed by atoms with Crippen molar-refractivity contribution in [1.29, 1.82) is 0 Å². The van der Waals surface area contributed by atoms with Crippen molar-refractivity contribution in [1.82, 2.24) is 24.6 Å². The third kappa shape index (κ3) is 5.92. The Kier molecular flexibility index (Phi) is 8.68. The van der Waals surface area contributed by atoms with E-state index < -0.39 is 36.6 Å². The zero-order valence-electron chi connectivity index (χ0n) is 27.1. The van der Waals surface area contributed by atoms with Gasteiger partial charge in [-0.05, 0) is 42.6 Å². The molecule has 1 fully saturated rings. The standard InChI is InChI=1S/C36H31F4N5O4S/c1-4-29(46)44-10-11-45-27(20(44)2)17-26(42-45)33-31(30-25(38)15-23(37)16-28(30)49-13-12-48-3)34-24(9-14-50-34)32(41-33)21-5-7-22(8-6-21)35(47)43-18-36(39,40)19-43/h4-9,14-17,20H,1,10-13,18-19H2,2-3H3/t20-/m1/s1. The normalized spacial score (nSPS) is 16.6. The molecule has 2 aliphatic rings. The van der Waals surface area contributed by atoms with Gasteiger partial charge in [0.05, 0.1) is 49.2 Å². The van der Waals surface area contributed by atoms with Crippen LogP contribution in [0.3, 0.4) is 0 Å². The fraction of sp³-hybridized carbons (Fsp3) is 0.278. The van der Waals surface area contributed by atoms with E-state index in [4.69, 9.17) is 19.6 Å². The van der Waals surface area contributed by atoms with Gasteiger partial charge < -0.3 is 19.3 Å². The van der Waals surface area contributed by atoms with Gasteiger partial charge in [0.25, 0.3) is 11.8 Å². The smallest absolute Gasteiger partial charge is 0.282 e.